The number of carbonyl (C=O) groups excluding carboxylic acids is 5. The van der Waals surface area contributed by atoms with Crippen molar-refractivity contribution in [2.75, 3.05) is 19.4 Å². The third kappa shape index (κ3) is 10.7. The maximum atomic E-state index is 15.0. The van der Waals surface area contributed by atoms with Crippen LogP contribution in [0.25, 0.3) is 0 Å². The number of nitrogens with one attached hydrogen (secondary N) is 2. The van der Waals surface area contributed by atoms with Crippen LogP contribution in [0.3, 0.4) is 0 Å². The maximum absolute atomic E-state index is 15.0. The van der Waals surface area contributed by atoms with Crippen LogP contribution in [0.2, 0.25) is 5.02 Å². The third-order valence-electron chi connectivity index (χ3n) is 11.3. The predicted molar refractivity (Wildman–Crippen MR) is 218 cm³/mol. The Bertz CT molecular complexity index is 1820. The highest BCUT2D eigenvalue weighted by Gasteiger charge is 2.44. The first kappa shape index (κ1) is 41.3. The van der Waals surface area contributed by atoms with E-state index in [4.69, 9.17) is 16.3 Å². The van der Waals surface area contributed by atoms with Crippen LogP contribution in [0.1, 0.15) is 74.5 Å². The Balaban J connectivity index is 1.27. The minimum atomic E-state index is -0.785. The third-order valence-corrected chi connectivity index (χ3v) is 12.8. The zero-order valence-electron chi connectivity index (χ0n) is 32.1. The van der Waals surface area contributed by atoms with Crippen LogP contribution in [0.15, 0.2) is 84.9 Å². The summed E-state index contributed by atoms with van der Waals surface area (Å²) in [6.07, 6.45) is 6.40. The summed E-state index contributed by atoms with van der Waals surface area (Å²) in [4.78, 5) is 73.2. The van der Waals surface area contributed by atoms with Crippen LogP contribution in [0.4, 0.5) is 0 Å². The molecule has 0 radical (unpaired) electrons. The number of hydrogen-bond donors (Lipinski definition) is 2. The Morgan fingerprint density at radius 2 is 1.54 bits per heavy atom. The molecule has 0 saturated carbocycles. The maximum Gasteiger partial charge on any atom is 0.328 e. The molecule has 3 aromatic carbocycles. The van der Waals surface area contributed by atoms with Crippen molar-refractivity contribution in [1.82, 2.24) is 20.4 Å². The minimum absolute atomic E-state index is 0.141. The van der Waals surface area contributed by atoms with E-state index < -0.39 is 35.9 Å². The molecule has 3 aliphatic heterocycles. The highest BCUT2D eigenvalue weighted by molar-refractivity contribution is 7.99. The summed E-state index contributed by atoms with van der Waals surface area (Å²) in [5.41, 5.74) is 2.79. The number of thioether (sulfide) groups is 1. The lowest BCUT2D eigenvalue weighted by atomic mass is 9.86. The van der Waals surface area contributed by atoms with Crippen molar-refractivity contribution in [2.24, 2.45) is 11.8 Å². The molecule has 0 bridgehead atoms. The largest absolute Gasteiger partial charge is 0.467 e. The summed E-state index contributed by atoms with van der Waals surface area (Å²) in [5, 5.41) is 6.54. The molecule has 3 saturated heterocycles. The second kappa shape index (κ2) is 20.2. The Morgan fingerprint density at radius 1 is 0.857 bits per heavy atom. The van der Waals surface area contributed by atoms with E-state index in [0.717, 1.165) is 42.4 Å². The second-order valence-electron chi connectivity index (χ2n) is 15.1. The van der Waals surface area contributed by atoms with Gasteiger partial charge in [0.1, 0.15) is 18.1 Å². The van der Waals surface area contributed by atoms with Gasteiger partial charge in [0.05, 0.1) is 12.5 Å². The van der Waals surface area contributed by atoms with Crippen molar-refractivity contribution < 1.29 is 28.7 Å². The average Bonchev–Trinajstić information content (AvgIpc) is 3.52. The molecule has 0 aromatic heterocycles. The lowest BCUT2D eigenvalue weighted by Crippen LogP contribution is -2.57. The topological polar surface area (TPSA) is 125 Å². The Hall–Kier alpha value is -4.35. The number of nitrogens with zero attached hydrogens (tertiary/aromatic N) is 2. The number of esters is 1. The summed E-state index contributed by atoms with van der Waals surface area (Å²) in [6, 6.07) is 24.9. The number of piperidine rings is 1. The molecular weight excluding hydrogens is 748 g/mol. The SMILES string of the molecule is COC(=O)C1CCCC2SCCC(NC(=O)[C@H](CC[C@H](Cc3ccccc3)C(=O)N(Cc3cccc(Cl)c3)[C@H]3CCCCNC3=O)Cc3ccccc3)C(=O)N21. The molecule has 0 spiro atoms. The zero-order valence-corrected chi connectivity index (χ0v) is 33.6. The molecule has 298 valence electrons. The molecule has 4 amide bonds. The zero-order chi connectivity index (χ0) is 39.4. The van der Waals surface area contributed by atoms with E-state index in [-0.39, 0.29) is 35.5 Å². The number of benzene rings is 3. The number of rotatable bonds is 14. The smallest absolute Gasteiger partial charge is 0.328 e. The van der Waals surface area contributed by atoms with Crippen LogP contribution in [-0.2, 0) is 48.1 Å². The average molecular weight is 801 g/mol. The molecule has 56 heavy (non-hydrogen) atoms. The van der Waals surface area contributed by atoms with Gasteiger partial charge in [-0.3, -0.25) is 19.2 Å². The number of methoxy groups -OCH3 is 1. The van der Waals surface area contributed by atoms with Gasteiger partial charge >= 0.3 is 5.97 Å². The lowest BCUT2D eigenvalue weighted by Gasteiger charge is -2.40. The van der Waals surface area contributed by atoms with Crippen molar-refractivity contribution in [3.63, 3.8) is 0 Å². The van der Waals surface area contributed by atoms with Crippen LogP contribution < -0.4 is 10.6 Å². The first-order valence-electron chi connectivity index (χ1n) is 19.9. The Kier molecular flexibility index (Phi) is 14.9. The van der Waals surface area contributed by atoms with E-state index in [0.29, 0.717) is 62.3 Å². The molecule has 3 fully saturated rings. The van der Waals surface area contributed by atoms with Gasteiger partial charge in [-0.1, -0.05) is 84.4 Å². The summed E-state index contributed by atoms with van der Waals surface area (Å²) in [5.74, 6) is -1.67. The van der Waals surface area contributed by atoms with Gasteiger partial charge in [-0.05, 0) is 105 Å². The molecule has 6 rings (SSSR count). The molecular formula is C44H53ClN4O6S. The number of carbonyl (C=O) groups is 5. The Morgan fingerprint density at radius 3 is 2.23 bits per heavy atom. The first-order valence-corrected chi connectivity index (χ1v) is 21.4. The monoisotopic (exact) mass is 800 g/mol. The molecule has 3 aromatic rings. The summed E-state index contributed by atoms with van der Waals surface area (Å²) in [7, 11) is 1.34. The minimum Gasteiger partial charge on any atom is -0.467 e. The quantitative estimate of drug-likeness (QED) is 0.183. The van der Waals surface area contributed by atoms with Crippen LogP contribution >= 0.6 is 23.4 Å². The van der Waals surface area contributed by atoms with Gasteiger partial charge in [0.25, 0.3) is 0 Å². The van der Waals surface area contributed by atoms with E-state index >= 15 is 0 Å². The van der Waals surface area contributed by atoms with Crippen molar-refractivity contribution in [2.45, 2.75) is 101 Å². The fourth-order valence-corrected chi connectivity index (χ4v) is 9.91. The molecule has 6 atom stereocenters. The first-order chi connectivity index (χ1) is 27.2. The number of fused-ring (bicyclic) bond motifs is 1. The molecule has 2 N–H and O–H groups in total. The lowest BCUT2D eigenvalue weighted by molar-refractivity contribution is -0.156. The second-order valence-corrected chi connectivity index (χ2v) is 16.9. The summed E-state index contributed by atoms with van der Waals surface area (Å²) < 4.78 is 5.08. The van der Waals surface area contributed by atoms with Crippen LogP contribution in [0.5, 0.6) is 0 Å². The van der Waals surface area contributed by atoms with Gasteiger partial charge in [0.2, 0.25) is 23.6 Å². The molecule has 3 heterocycles. The van der Waals surface area contributed by atoms with Gasteiger partial charge < -0.3 is 25.2 Å². The van der Waals surface area contributed by atoms with Crippen LogP contribution in [-0.4, -0.2) is 82.3 Å². The van der Waals surface area contributed by atoms with E-state index in [9.17, 15) is 24.0 Å². The van der Waals surface area contributed by atoms with Gasteiger partial charge in [0.15, 0.2) is 0 Å². The normalized spacial score (nSPS) is 22.4. The molecule has 3 aliphatic rings. The fourth-order valence-electron chi connectivity index (χ4n) is 8.31. The molecule has 12 heteroatoms. The van der Waals surface area contributed by atoms with Crippen molar-refractivity contribution in [3.8, 4) is 0 Å². The Labute approximate surface area is 339 Å². The number of hydrogen-bond acceptors (Lipinski definition) is 7. The summed E-state index contributed by atoms with van der Waals surface area (Å²) in [6.45, 7) is 0.796. The standard InChI is InChI=1S/C44H53ClN4O6S/c1-55-44(54)38-19-11-20-39-49(38)43(53)36(23-25-56-39)47-40(50)33(26-30-12-4-2-5-13-30)21-22-34(27-31-14-6-3-7-15-31)42(52)48(29-32-16-10-17-35(45)28-32)37-18-8-9-24-46-41(37)51/h2-7,10,12-17,28,33-34,36-39H,8-9,11,18-27,29H2,1H3,(H,46,51)(H,47,50)/t33-,34-,36?,37+,38?,39?/m1/s1. The van der Waals surface area contributed by atoms with Crippen molar-refractivity contribution in [3.05, 3.63) is 107 Å². The van der Waals surface area contributed by atoms with E-state index in [2.05, 4.69) is 10.6 Å². The van der Waals surface area contributed by atoms with Gasteiger partial charge in [0, 0.05) is 29.9 Å². The van der Waals surface area contributed by atoms with E-state index in [1.165, 1.54) is 7.11 Å². The van der Waals surface area contributed by atoms with Crippen LogP contribution in [0, 0.1) is 11.8 Å². The van der Waals surface area contributed by atoms with Gasteiger partial charge in [-0.25, -0.2) is 4.79 Å². The molecule has 3 unspecified atom stereocenters. The number of ether oxygens (including phenoxy) is 1. The fraction of sp³-hybridized carbons (Fsp3) is 0.477. The van der Waals surface area contributed by atoms with Crippen molar-refractivity contribution >= 4 is 53.0 Å². The molecule has 10 nitrogen and oxygen atoms in total. The number of amides is 4. The number of halogens is 1. The van der Waals surface area contributed by atoms with Gasteiger partial charge in [-0.2, -0.15) is 0 Å². The molecule has 0 aliphatic carbocycles. The van der Waals surface area contributed by atoms with E-state index in [1.54, 1.807) is 27.6 Å². The van der Waals surface area contributed by atoms with Crippen molar-refractivity contribution in [1.29, 1.82) is 0 Å². The highest BCUT2D eigenvalue weighted by atomic mass is 35.5. The van der Waals surface area contributed by atoms with E-state index in [1.807, 2.05) is 78.9 Å². The summed E-state index contributed by atoms with van der Waals surface area (Å²) >= 11 is 8.03. The predicted octanol–water partition coefficient (Wildman–Crippen LogP) is 6.34. The highest BCUT2D eigenvalue weighted by Crippen LogP contribution is 2.35. The van der Waals surface area contributed by atoms with Gasteiger partial charge in [-0.15, -0.1) is 11.8 Å².